The minimum Gasteiger partial charge on any atom is -0.497 e. The van der Waals surface area contributed by atoms with E-state index in [1.54, 1.807) is 31.1 Å². The Bertz CT molecular complexity index is 1210. The van der Waals surface area contributed by atoms with Gasteiger partial charge in [-0.1, -0.05) is 42.5 Å². The fourth-order valence-corrected chi connectivity index (χ4v) is 4.28. The van der Waals surface area contributed by atoms with E-state index in [0.717, 1.165) is 27.8 Å². The van der Waals surface area contributed by atoms with Gasteiger partial charge in [0.15, 0.2) is 0 Å². The highest BCUT2D eigenvalue weighted by atomic mass is 19.1. The van der Waals surface area contributed by atoms with Gasteiger partial charge >= 0.3 is 12.1 Å². The Morgan fingerprint density at radius 1 is 0.971 bits per heavy atom. The van der Waals surface area contributed by atoms with Crippen LogP contribution in [-0.2, 0) is 40.3 Å². The van der Waals surface area contributed by atoms with Crippen molar-refractivity contribution in [3.8, 4) is 16.9 Å². The zero-order valence-corrected chi connectivity index (χ0v) is 19.9. The summed E-state index contributed by atoms with van der Waals surface area (Å²) < 4.78 is 30.8. The van der Waals surface area contributed by atoms with E-state index < -0.39 is 6.09 Å². The fourth-order valence-electron chi connectivity index (χ4n) is 4.28. The molecule has 0 unspecified atom stereocenters. The molecule has 3 aromatic rings. The molecule has 7 heteroatoms. The first-order valence-corrected chi connectivity index (χ1v) is 11.6. The molecule has 182 valence electrons. The van der Waals surface area contributed by atoms with Gasteiger partial charge in [0, 0.05) is 13.1 Å². The van der Waals surface area contributed by atoms with Gasteiger partial charge in [0.1, 0.15) is 18.2 Å². The van der Waals surface area contributed by atoms with Crippen LogP contribution in [0.1, 0.15) is 29.2 Å². The number of esters is 1. The highest BCUT2D eigenvalue weighted by molar-refractivity contribution is 5.77. The third kappa shape index (κ3) is 5.80. The van der Waals surface area contributed by atoms with Crippen LogP contribution in [0.15, 0.2) is 60.7 Å². The van der Waals surface area contributed by atoms with E-state index in [4.69, 9.17) is 14.2 Å². The van der Waals surface area contributed by atoms with Crippen LogP contribution >= 0.6 is 0 Å². The Labute approximate surface area is 204 Å². The molecule has 6 nitrogen and oxygen atoms in total. The van der Waals surface area contributed by atoms with Gasteiger partial charge < -0.3 is 19.1 Å². The predicted molar refractivity (Wildman–Crippen MR) is 129 cm³/mol. The number of nitrogens with zero attached hydrogens (tertiary/aromatic N) is 1. The van der Waals surface area contributed by atoms with Crippen LogP contribution in [0.25, 0.3) is 11.1 Å². The second-order valence-corrected chi connectivity index (χ2v) is 8.32. The van der Waals surface area contributed by atoms with Gasteiger partial charge in [-0.15, -0.1) is 0 Å². The van der Waals surface area contributed by atoms with Gasteiger partial charge in [-0.2, -0.15) is 0 Å². The summed E-state index contributed by atoms with van der Waals surface area (Å²) in [6, 6.07) is 18.1. The van der Waals surface area contributed by atoms with Crippen molar-refractivity contribution in [2.45, 2.75) is 32.9 Å². The number of amides is 1. The van der Waals surface area contributed by atoms with E-state index in [1.165, 1.54) is 6.07 Å². The summed E-state index contributed by atoms with van der Waals surface area (Å²) in [5.41, 5.74) is 4.50. The molecule has 0 bridgehead atoms. The highest BCUT2D eigenvalue weighted by Gasteiger charge is 2.27. The molecule has 0 atom stereocenters. The number of rotatable bonds is 7. The molecular formula is C28H28FNO5. The molecule has 0 saturated carbocycles. The molecule has 0 radical (unpaired) electrons. The summed E-state index contributed by atoms with van der Waals surface area (Å²) in [4.78, 5) is 26.4. The van der Waals surface area contributed by atoms with Gasteiger partial charge in [-0.05, 0) is 64.9 Å². The molecule has 4 rings (SSSR count). The highest BCUT2D eigenvalue weighted by Crippen LogP contribution is 2.35. The maximum Gasteiger partial charge on any atom is 0.410 e. The Hall–Kier alpha value is -3.87. The summed E-state index contributed by atoms with van der Waals surface area (Å²) in [5, 5.41) is 0. The van der Waals surface area contributed by atoms with Gasteiger partial charge in [0.2, 0.25) is 0 Å². The number of carbonyl (C=O) groups excluding carboxylic acids is 2. The first kappa shape index (κ1) is 24.3. The SMILES string of the molecule is CCOC(=O)Cc1cc(OC)cc(-c2ccc(F)c3c2CN(C(=O)OCc2ccccc2)CC3)c1. The van der Waals surface area contributed by atoms with E-state index in [9.17, 15) is 14.0 Å². The van der Waals surface area contributed by atoms with Crippen LogP contribution < -0.4 is 4.74 Å². The van der Waals surface area contributed by atoms with E-state index in [2.05, 4.69) is 0 Å². The maximum absolute atomic E-state index is 14.7. The van der Waals surface area contributed by atoms with Crippen molar-refractivity contribution in [1.29, 1.82) is 0 Å². The number of ether oxygens (including phenoxy) is 3. The molecule has 0 fully saturated rings. The standard InChI is InChI=1S/C28H28FNO5/c1-3-34-27(31)15-20-13-21(16-22(14-20)33-2)23-9-10-26(29)24-11-12-30(17-25(23)24)28(32)35-18-19-7-5-4-6-8-19/h4-10,13-14,16H,3,11-12,15,17-18H2,1-2H3. The number of hydrogen-bond donors (Lipinski definition) is 0. The molecule has 0 aliphatic carbocycles. The Morgan fingerprint density at radius 3 is 2.51 bits per heavy atom. The quantitative estimate of drug-likeness (QED) is 0.432. The molecule has 1 heterocycles. The molecule has 0 N–H and O–H groups in total. The lowest BCUT2D eigenvalue weighted by atomic mass is 9.90. The van der Waals surface area contributed by atoms with Gasteiger partial charge in [0.25, 0.3) is 0 Å². The van der Waals surface area contributed by atoms with Crippen molar-refractivity contribution in [2.75, 3.05) is 20.3 Å². The van der Waals surface area contributed by atoms with Crippen LogP contribution in [0.4, 0.5) is 9.18 Å². The topological polar surface area (TPSA) is 65.1 Å². The van der Waals surface area contributed by atoms with Crippen molar-refractivity contribution in [3.05, 3.63) is 88.7 Å². The van der Waals surface area contributed by atoms with E-state index in [0.29, 0.717) is 30.9 Å². The maximum atomic E-state index is 14.7. The Balaban J connectivity index is 1.61. The number of methoxy groups -OCH3 is 1. The number of fused-ring (bicyclic) bond motifs is 1. The minimum atomic E-state index is -0.441. The fraction of sp³-hybridized carbons (Fsp3) is 0.286. The van der Waals surface area contributed by atoms with Gasteiger partial charge in [0.05, 0.1) is 20.1 Å². The van der Waals surface area contributed by atoms with E-state index in [-0.39, 0.29) is 31.4 Å². The Kier molecular flexibility index (Phi) is 7.65. The number of benzene rings is 3. The van der Waals surface area contributed by atoms with Crippen LogP contribution in [0.5, 0.6) is 5.75 Å². The average molecular weight is 478 g/mol. The third-order valence-corrected chi connectivity index (χ3v) is 5.98. The van der Waals surface area contributed by atoms with Gasteiger partial charge in [-0.25, -0.2) is 9.18 Å². The molecule has 3 aromatic carbocycles. The predicted octanol–water partition coefficient (Wildman–Crippen LogP) is 5.30. The zero-order valence-electron chi connectivity index (χ0n) is 19.9. The largest absolute Gasteiger partial charge is 0.497 e. The van der Waals surface area contributed by atoms with E-state index in [1.807, 2.05) is 42.5 Å². The number of carbonyl (C=O) groups is 2. The second-order valence-electron chi connectivity index (χ2n) is 8.32. The zero-order chi connectivity index (χ0) is 24.8. The minimum absolute atomic E-state index is 0.0966. The van der Waals surface area contributed by atoms with Crippen molar-refractivity contribution in [1.82, 2.24) is 4.90 Å². The summed E-state index contributed by atoms with van der Waals surface area (Å²) in [6.07, 6.45) is 0.0393. The van der Waals surface area contributed by atoms with Crippen LogP contribution in [0, 0.1) is 5.82 Å². The number of halogens is 1. The molecular weight excluding hydrogens is 449 g/mol. The van der Waals surface area contributed by atoms with Crippen molar-refractivity contribution in [3.63, 3.8) is 0 Å². The van der Waals surface area contributed by atoms with Crippen molar-refractivity contribution < 1.29 is 28.2 Å². The molecule has 1 aliphatic heterocycles. The molecule has 0 spiro atoms. The van der Waals surface area contributed by atoms with E-state index >= 15 is 0 Å². The third-order valence-electron chi connectivity index (χ3n) is 5.98. The molecule has 35 heavy (non-hydrogen) atoms. The number of hydrogen-bond acceptors (Lipinski definition) is 5. The van der Waals surface area contributed by atoms with Crippen LogP contribution in [0.2, 0.25) is 0 Å². The van der Waals surface area contributed by atoms with Crippen LogP contribution in [-0.4, -0.2) is 37.2 Å². The summed E-state index contributed by atoms with van der Waals surface area (Å²) >= 11 is 0. The van der Waals surface area contributed by atoms with Crippen molar-refractivity contribution >= 4 is 12.1 Å². The van der Waals surface area contributed by atoms with Crippen molar-refractivity contribution in [2.24, 2.45) is 0 Å². The normalized spacial score (nSPS) is 12.6. The first-order chi connectivity index (χ1) is 17.0. The lowest BCUT2D eigenvalue weighted by Crippen LogP contribution is -2.37. The molecule has 1 aliphatic rings. The monoisotopic (exact) mass is 477 g/mol. The van der Waals surface area contributed by atoms with Gasteiger partial charge in [-0.3, -0.25) is 4.79 Å². The first-order valence-electron chi connectivity index (χ1n) is 11.6. The lowest BCUT2D eigenvalue weighted by Gasteiger charge is -2.30. The second kappa shape index (κ2) is 11.0. The molecule has 1 amide bonds. The molecule has 0 saturated heterocycles. The molecule has 0 aromatic heterocycles. The summed E-state index contributed by atoms with van der Waals surface area (Å²) in [6.45, 7) is 2.83. The lowest BCUT2D eigenvalue weighted by molar-refractivity contribution is -0.142. The summed E-state index contributed by atoms with van der Waals surface area (Å²) in [5.74, 6) is -0.0503. The Morgan fingerprint density at radius 2 is 1.77 bits per heavy atom. The smallest absolute Gasteiger partial charge is 0.410 e. The summed E-state index contributed by atoms with van der Waals surface area (Å²) in [7, 11) is 1.55. The van der Waals surface area contributed by atoms with Crippen LogP contribution in [0.3, 0.4) is 0 Å². The average Bonchev–Trinajstić information content (AvgIpc) is 2.87.